The third-order valence-electron chi connectivity index (χ3n) is 2.75. The van der Waals surface area contributed by atoms with E-state index >= 15 is 0 Å². The molecule has 0 spiro atoms. The number of nitrogens with zero attached hydrogens (tertiary/aromatic N) is 2. The van der Waals surface area contributed by atoms with E-state index in [1.165, 1.54) is 4.68 Å². The highest BCUT2D eigenvalue weighted by Gasteiger charge is 2.41. The molecule has 0 saturated carbocycles. The van der Waals surface area contributed by atoms with Gasteiger partial charge in [-0.15, -0.1) is 0 Å². The van der Waals surface area contributed by atoms with Gasteiger partial charge in [0, 0.05) is 19.3 Å². The molecular weight excluding hydrogens is 275 g/mol. The zero-order chi connectivity index (χ0) is 15.1. The summed E-state index contributed by atoms with van der Waals surface area (Å²) < 4.78 is 45.0. The Labute approximate surface area is 114 Å². The first-order valence-corrected chi connectivity index (χ1v) is 6.18. The number of hydrogen-bond acceptors (Lipinski definition) is 4. The lowest BCUT2D eigenvalue weighted by Gasteiger charge is -2.27. The highest BCUT2D eigenvalue weighted by atomic mass is 19.4. The molecule has 1 N–H and O–H groups in total. The van der Waals surface area contributed by atoms with E-state index in [1.54, 1.807) is 20.8 Å². The number of carbonyl (C=O) groups is 1. The first-order valence-electron chi connectivity index (χ1n) is 6.18. The number of nitrogens with one attached hydrogen (secondary N) is 1. The smallest absolute Gasteiger partial charge is 0.436 e. The highest BCUT2D eigenvalue weighted by molar-refractivity contribution is 5.90. The van der Waals surface area contributed by atoms with Gasteiger partial charge >= 0.3 is 12.1 Å². The van der Waals surface area contributed by atoms with Crippen LogP contribution in [0.4, 0.5) is 13.2 Å². The Morgan fingerprint density at radius 2 is 2.00 bits per heavy atom. The van der Waals surface area contributed by atoms with Crippen molar-refractivity contribution in [2.45, 2.75) is 38.6 Å². The second-order valence-corrected chi connectivity index (χ2v) is 5.68. The van der Waals surface area contributed by atoms with Crippen LogP contribution in [0.25, 0.3) is 0 Å². The second-order valence-electron chi connectivity index (χ2n) is 5.68. The van der Waals surface area contributed by atoms with Crippen LogP contribution in [0.3, 0.4) is 0 Å². The fourth-order valence-corrected chi connectivity index (χ4v) is 1.73. The Bertz CT molecular complexity index is 513. The van der Waals surface area contributed by atoms with E-state index < -0.39 is 29.0 Å². The molecule has 5 nitrogen and oxygen atoms in total. The van der Waals surface area contributed by atoms with Gasteiger partial charge in [-0.1, -0.05) is 0 Å². The zero-order valence-electron chi connectivity index (χ0n) is 11.4. The SMILES string of the molecule is CC(C)(C)OC(=O)c1cn(C2CNC2)nc1C(F)(F)F. The fraction of sp³-hybridized carbons (Fsp3) is 0.667. The van der Waals surface area contributed by atoms with Crippen molar-refractivity contribution >= 4 is 5.97 Å². The average Bonchev–Trinajstić information content (AvgIpc) is 2.55. The maximum Gasteiger partial charge on any atom is 0.436 e. The van der Waals surface area contributed by atoms with E-state index in [9.17, 15) is 18.0 Å². The summed E-state index contributed by atoms with van der Waals surface area (Å²) in [5.41, 5.74) is -2.60. The number of halogens is 3. The number of hydrogen-bond donors (Lipinski definition) is 1. The summed E-state index contributed by atoms with van der Waals surface area (Å²) in [5, 5.41) is 6.44. The first-order chi connectivity index (χ1) is 9.08. The van der Waals surface area contributed by atoms with Crippen LogP contribution in [0.15, 0.2) is 6.20 Å². The molecule has 0 bridgehead atoms. The maximum atomic E-state index is 12.9. The standard InChI is InChI=1S/C12H16F3N3O2/c1-11(2,3)20-10(19)8-6-18(7-4-16-5-7)17-9(8)12(13,14)15/h6-7,16H,4-5H2,1-3H3. The summed E-state index contributed by atoms with van der Waals surface area (Å²) in [6, 6.07) is -0.160. The Morgan fingerprint density at radius 1 is 1.40 bits per heavy atom. The van der Waals surface area contributed by atoms with Crippen LogP contribution in [0, 0.1) is 0 Å². The zero-order valence-corrected chi connectivity index (χ0v) is 11.4. The molecule has 1 aliphatic rings. The predicted octanol–water partition coefficient (Wildman–Crippen LogP) is 2.00. The quantitative estimate of drug-likeness (QED) is 0.847. The highest BCUT2D eigenvalue weighted by Crippen LogP contribution is 2.32. The lowest BCUT2D eigenvalue weighted by atomic mass is 10.1. The summed E-state index contributed by atoms with van der Waals surface area (Å²) in [7, 11) is 0. The van der Waals surface area contributed by atoms with Crippen LogP contribution < -0.4 is 5.32 Å². The summed E-state index contributed by atoms with van der Waals surface area (Å²) in [5.74, 6) is -1.01. The number of aromatic nitrogens is 2. The van der Waals surface area contributed by atoms with Gasteiger partial charge in [-0.25, -0.2) is 4.79 Å². The Balaban J connectivity index is 2.34. The second kappa shape index (κ2) is 4.76. The van der Waals surface area contributed by atoms with Gasteiger partial charge in [0.25, 0.3) is 0 Å². The van der Waals surface area contributed by atoms with Crippen molar-refractivity contribution in [1.29, 1.82) is 0 Å². The van der Waals surface area contributed by atoms with Gasteiger partial charge in [-0.2, -0.15) is 18.3 Å². The molecule has 1 aliphatic heterocycles. The molecule has 112 valence electrons. The molecule has 0 radical (unpaired) electrons. The van der Waals surface area contributed by atoms with Crippen LogP contribution in [0.5, 0.6) is 0 Å². The maximum absolute atomic E-state index is 12.9. The Kier molecular flexibility index (Phi) is 3.53. The van der Waals surface area contributed by atoms with E-state index in [1.807, 2.05) is 0 Å². The van der Waals surface area contributed by atoms with Gasteiger partial charge in [0.05, 0.1) is 6.04 Å². The van der Waals surface area contributed by atoms with Crippen LogP contribution in [-0.2, 0) is 10.9 Å². The summed E-state index contributed by atoms with van der Waals surface area (Å²) in [4.78, 5) is 11.9. The topological polar surface area (TPSA) is 56.1 Å². The van der Waals surface area contributed by atoms with Crippen molar-refractivity contribution in [3.8, 4) is 0 Å². The molecule has 20 heavy (non-hydrogen) atoms. The molecule has 1 fully saturated rings. The van der Waals surface area contributed by atoms with Crippen LogP contribution in [0.1, 0.15) is 42.9 Å². The predicted molar refractivity (Wildman–Crippen MR) is 64.3 cm³/mol. The number of ether oxygens (including phenoxy) is 1. The lowest BCUT2D eigenvalue weighted by Crippen LogP contribution is -2.43. The monoisotopic (exact) mass is 291 g/mol. The number of alkyl halides is 3. The van der Waals surface area contributed by atoms with Crippen molar-refractivity contribution < 1.29 is 22.7 Å². The van der Waals surface area contributed by atoms with E-state index in [-0.39, 0.29) is 6.04 Å². The first kappa shape index (κ1) is 14.8. The van der Waals surface area contributed by atoms with Gasteiger partial charge in [-0.05, 0) is 20.8 Å². The molecule has 2 rings (SSSR count). The molecule has 0 unspecified atom stereocenters. The van der Waals surface area contributed by atoms with Crippen molar-refractivity contribution in [2.75, 3.05) is 13.1 Å². The Morgan fingerprint density at radius 3 is 2.40 bits per heavy atom. The minimum absolute atomic E-state index is 0.160. The third-order valence-corrected chi connectivity index (χ3v) is 2.75. The molecule has 8 heteroatoms. The van der Waals surface area contributed by atoms with E-state index in [4.69, 9.17) is 4.74 Å². The largest absolute Gasteiger partial charge is 0.456 e. The fourth-order valence-electron chi connectivity index (χ4n) is 1.73. The number of rotatable bonds is 2. The van der Waals surface area contributed by atoms with Gasteiger partial charge in [0.2, 0.25) is 0 Å². The van der Waals surface area contributed by atoms with Crippen molar-refractivity contribution in [3.05, 3.63) is 17.5 Å². The summed E-state index contributed by atoms with van der Waals surface area (Å²) in [6.07, 6.45) is -3.57. The van der Waals surface area contributed by atoms with Crippen LogP contribution in [0.2, 0.25) is 0 Å². The minimum Gasteiger partial charge on any atom is -0.456 e. The lowest BCUT2D eigenvalue weighted by molar-refractivity contribution is -0.142. The summed E-state index contributed by atoms with van der Waals surface area (Å²) >= 11 is 0. The molecule has 2 heterocycles. The minimum atomic E-state index is -4.69. The Hall–Kier alpha value is -1.57. The van der Waals surface area contributed by atoms with Crippen molar-refractivity contribution in [3.63, 3.8) is 0 Å². The molecular formula is C12H16F3N3O2. The molecule has 0 atom stereocenters. The van der Waals surface area contributed by atoms with Crippen LogP contribution >= 0.6 is 0 Å². The molecule has 1 aromatic rings. The molecule has 1 saturated heterocycles. The van der Waals surface area contributed by atoms with Crippen molar-refractivity contribution in [2.24, 2.45) is 0 Å². The van der Waals surface area contributed by atoms with Crippen molar-refractivity contribution in [1.82, 2.24) is 15.1 Å². The van der Waals surface area contributed by atoms with E-state index in [0.29, 0.717) is 13.1 Å². The molecule has 0 aliphatic carbocycles. The van der Waals surface area contributed by atoms with Gasteiger partial charge in [0.1, 0.15) is 11.2 Å². The van der Waals surface area contributed by atoms with Gasteiger partial charge in [0.15, 0.2) is 5.69 Å². The molecule has 0 aromatic carbocycles. The van der Waals surface area contributed by atoms with E-state index in [0.717, 1.165) is 6.20 Å². The molecule has 0 amide bonds. The van der Waals surface area contributed by atoms with Gasteiger partial charge in [-0.3, -0.25) is 4.68 Å². The number of esters is 1. The average molecular weight is 291 g/mol. The van der Waals surface area contributed by atoms with E-state index in [2.05, 4.69) is 10.4 Å². The molecule has 1 aromatic heterocycles. The normalized spacial score (nSPS) is 16.9. The van der Waals surface area contributed by atoms with Gasteiger partial charge < -0.3 is 10.1 Å². The van der Waals surface area contributed by atoms with Crippen LogP contribution in [-0.4, -0.2) is 34.4 Å². The summed E-state index contributed by atoms with van der Waals surface area (Å²) in [6.45, 7) is 5.86. The third kappa shape index (κ3) is 3.12. The number of carbonyl (C=O) groups excluding carboxylic acids is 1.